The Balaban J connectivity index is 1.96. The summed E-state index contributed by atoms with van der Waals surface area (Å²) in [5.41, 5.74) is 2.20. The van der Waals surface area contributed by atoms with E-state index in [0.717, 1.165) is 18.4 Å². The van der Waals surface area contributed by atoms with Gasteiger partial charge in [0.1, 0.15) is 0 Å². The van der Waals surface area contributed by atoms with E-state index in [1.807, 2.05) is 6.92 Å². The van der Waals surface area contributed by atoms with Crippen molar-refractivity contribution in [2.75, 3.05) is 21.9 Å². The van der Waals surface area contributed by atoms with E-state index >= 15 is 0 Å². The second kappa shape index (κ2) is 8.62. The highest BCUT2D eigenvalue weighted by Crippen LogP contribution is 2.34. The number of halogens is 2. The van der Waals surface area contributed by atoms with Crippen molar-refractivity contribution in [2.24, 2.45) is 0 Å². The van der Waals surface area contributed by atoms with Gasteiger partial charge in [-0.15, -0.1) is 0 Å². The second-order valence-corrected chi connectivity index (χ2v) is 9.56. The van der Waals surface area contributed by atoms with Gasteiger partial charge in [-0.05, 0) is 48.7 Å². The van der Waals surface area contributed by atoms with Gasteiger partial charge in [-0.25, -0.2) is 8.42 Å². The van der Waals surface area contributed by atoms with E-state index < -0.39 is 15.9 Å². The van der Waals surface area contributed by atoms with Gasteiger partial charge in [0.2, 0.25) is 10.0 Å². The lowest BCUT2D eigenvalue weighted by Gasteiger charge is -2.19. The fourth-order valence-corrected chi connectivity index (χ4v) is 5.23. The molecule has 6 nitrogen and oxygen atoms in total. The Morgan fingerprint density at radius 2 is 2.00 bits per heavy atom. The quantitative estimate of drug-likeness (QED) is 0.718. The number of nitriles is 1. The molecule has 1 saturated heterocycles. The number of benzene rings is 2. The maximum atomic E-state index is 12.9. The number of nitrogens with zero attached hydrogens (tertiary/aromatic N) is 2. The van der Waals surface area contributed by atoms with Crippen molar-refractivity contribution in [3.8, 4) is 6.07 Å². The lowest BCUT2D eigenvalue weighted by Crippen LogP contribution is -2.25. The highest BCUT2D eigenvalue weighted by molar-refractivity contribution is 7.93. The van der Waals surface area contributed by atoms with Gasteiger partial charge in [-0.1, -0.05) is 36.5 Å². The second-order valence-electron chi connectivity index (χ2n) is 6.77. The fraction of sp³-hybridized carbons (Fsp3) is 0.300. The van der Waals surface area contributed by atoms with E-state index in [4.69, 9.17) is 23.2 Å². The molecule has 1 aliphatic rings. The van der Waals surface area contributed by atoms with E-state index in [2.05, 4.69) is 11.4 Å². The summed E-state index contributed by atoms with van der Waals surface area (Å²) in [6.45, 7) is 2.35. The van der Waals surface area contributed by atoms with Crippen LogP contribution in [0.15, 0.2) is 30.3 Å². The summed E-state index contributed by atoms with van der Waals surface area (Å²) in [5, 5.41) is 12.1. The third-order valence-electron chi connectivity index (χ3n) is 4.56. The summed E-state index contributed by atoms with van der Waals surface area (Å²) in [6, 6.07) is 10.1. The third kappa shape index (κ3) is 4.67. The molecule has 1 N–H and O–H groups in total. The maximum absolute atomic E-state index is 12.9. The molecule has 1 aliphatic heterocycles. The molecule has 0 aromatic heterocycles. The van der Waals surface area contributed by atoms with Gasteiger partial charge in [0.25, 0.3) is 5.91 Å². The van der Waals surface area contributed by atoms with E-state index in [-0.39, 0.29) is 21.4 Å². The molecule has 0 aliphatic carbocycles. The molecule has 9 heteroatoms. The monoisotopic (exact) mass is 451 g/mol. The lowest BCUT2D eigenvalue weighted by molar-refractivity contribution is 0.102. The molecule has 0 spiro atoms. The summed E-state index contributed by atoms with van der Waals surface area (Å²) in [7, 11) is -3.43. The first-order valence-electron chi connectivity index (χ1n) is 9.10. The smallest absolute Gasteiger partial charge is 0.257 e. The molecule has 0 unspecified atom stereocenters. The van der Waals surface area contributed by atoms with Gasteiger partial charge in [0.05, 0.1) is 38.7 Å². The summed E-state index contributed by atoms with van der Waals surface area (Å²) in [4.78, 5) is 12.9. The zero-order valence-corrected chi connectivity index (χ0v) is 18.0. The summed E-state index contributed by atoms with van der Waals surface area (Å²) < 4.78 is 25.7. The van der Waals surface area contributed by atoms with Crippen LogP contribution in [0.2, 0.25) is 10.0 Å². The van der Waals surface area contributed by atoms with E-state index in [0.29, 0.717) is 29.9 Å². The summed E-state index contributed by atoms with van der Waals surface area (Å²) >= 11 is 12.4. The Hall–Kier alpha value is -2.27. The number of anilines is 2. The van der Waals surface area contributed by atoms with Gasteiger partial charge >= 0.3 is 0 Å². The van der Waals surface area contributed by atoms with Crippen molar-refractivity contribution in [3.05, 3.63) is 57.1 Å². The standard InChI is InChI=1S/C20H19Cl2N3O3S/c1-2-4-13-7-14(12-23)9-15(8-13)24-20(26)17-10-16(11-18(21)19(17)22)25-5-3-6-29(25,27)28/h7-11H,2-6H2,1H3,(H,24,26). The number of rotatable bonds is 5. The van der Waals surface area contributed by atoms with Crippen molar-refractivity contribution in [1.82, 2.24) is 0 Å². The summed E-state index contributed by atoms with van der Waals surface area (Å²) in [5.74, 6) is -0.483. The zero-order valence-electron chi connectivity index (χ0n) is 15.7. The number of carbonyl (C=O) groups is 1. The Morgan fingerprint density at radius 3 is 2.62 bits per heavy atom. The van der Waals surface area contributed by atoms with E-state index in [1.165, 1.54) is 16.4 Å². The highest BCUT2D eigenvalue weighted by Gasteiger charge is 2.30. The molecule has 0 bridgehead atoms. The van der Waals surface area contributed by atoms with Crippen LogP contribution in [0.4, 0.5) is 11.4 Å². The number of hydrogen-bond donors (Lipinski definition) is 1. The number of aryl methyl sites for hydroxylation is 1. The number of hydrogen-bond acceptors (Lipinski definition) is 4. The van der Waals surface area contributed by atoms with Gasteiger partial charge in [0.15, 0.2) is 0 Å². The highest BCUT2D eigenvalue weighted by atomic mass is 35.5. The van der Waals surface area contributed by atoms with E-state index in [1.54, 1.807) is 18.2 Å². The van der Waals surface area contributed by atoms with Crippen molar-refractivity contribution in [2.45, 2.75) is 26.2 Å². The van der Waals surface area contributed by atoms with Crippen LogP contribution in [0.25, 0.3) is 0 Å². The number of sulfonamides is 1. The molecule has 0 saturated carbocycles. The Kier molecular flexibility index (Phi) is 6.37. The van der Waals surface area contributed by atoms with Crippen LogP contribution >= 0.6 is 23.2 Å². The predicted molar refractivity (Wildman–Crippen MR) is 115 cm³/mol. The number of carbonyl (C=O) groups excluding carboxylic acids is 1. The molecule has 1 fully saturated rings. The molecule has 0 radical (unpaired) electrons. The van der Waals surface area contributed by atoms with Crippen LogP contribution in [0.5, 0.6) is 0 Å². The molecule has 29 heavy (non-hydrogen) atoms. The van der Waals surface area contributed by atoms with Crippen molar-refractivity contribution in [3.63, 3.8) is 0 Å². The molecule has 152 valence electrons. The first kappa shape index (κ1) is 21.4. The maximum Gasteiger partial charge on any atom is 0.257 e. The van der Waals surface area contributed by atoms with Gasteiger partial charge < -0.3 is 5.32 Å². The molecule has 1 amide bonds. The van der Waals surface area contributed by atoms with Crippen molar-refractivity contribution in [1.29, 1.82) is 5.26 Å². The van der Waals surface area contributed by atoms with E-state index in [9.17, 15) is 18.5 Å². The lowest BCUT2D eigenvalue weighted by atomic mass is 10.1. The first-order chi connectivity index (χ1) is 13.7. The largest absolute Gasteiger partial charge is 0.322 e. The molecular weight excluding hydrogens is 433 g/mol. The third-order valence-corrected chi connectivity index (χ3v) is 7.23. The van der Waals surface area contributed by atoms with Crippen LogP contribution in [-0.4, -0.2) is 26.6 Å². The minimum Gasteiger partial charge on any atom is -0.322 e. The van der Waals surface area contributed by atoms with Gasteiger partial charge in [0, 0.05) is 12.2 Å². The minimum atomic E-state index is -3.43. The summed E-state index contributed by atoms with van der Waals surface area (Å²) in [6.07, 6.45) is 2.18. The molecule has 3 rings (SSSR count). The van der Waals surface area contributed by atoms with Gasteiger partial charge in [-0.3, -0.25) is 9.10 Å². The van der Waals surface area contributed by atoms with Crippen molar-refractivity contribution >= 4 is 50.5 Å². The number of amides is 1. The average molecular weight is 452 g/mol. The van der Waals surface area contributed by atoms with Crippen LogP contribution in [0, 0.1) is 11.3 Å². The van der Waals surface area contributed by atoms with Gasteiger partial charge in [-0.2, -0.15) is 5.26 Å². The Bertz CT molecular complexity index is 1110. The molecule has 0 atom stereocenters. The first-order valence-corrected chi connectivity index (χ1v) is 11.5. The van der Waals surface area contributed by atoms with Crippen molar-refractivity contribution < 1.29 is 13.2 Å². The van der Waals surface area contributed by atoms with Crippen LogP contribution < -0.4 is 9.62 Å². The molecular formula is C20H19Cl2N3O3S. The Labute approximate surface area is 180 Å². The number of nitrogens with one attached hydrogen (secondary N) is 1. The zero-order chi connectivity index (χ0) is 21.2. The topological polar surface area (TPSA) is 90.3 Å². The SMILES string of the molecule is CCCc1cc(C#N)cc(NC(=O)c2cc(N3CCCS3(=O)=O)cc(Cl)c2Cl)c1. The molecule has 2 aromatic carbocycles. The predicted octanol–water partition coefficient (Wildman–Crippen LogP) is 4.61. The Morgan fingerprint density at radius 1 is 1.24 bits per heavy atom. The average Bonchev–Trinajstić information content (AvgIpc) is 3.02. The van der Waals surface area contributed by atoms with Crippen LogP contribution in [0.3, 0.4) is 0 Å². The normalized spacial score (nSPS) is 15.2. The minimum absolute atomic E-state index is 0.0368. The van der Waals surface area contributed by atoms with Crippen LogP contribution in [-0.2, 0) is 16.4 Å². The van der Waals surface area contributed by atoms with Crippen LogP contribution in [0.1, 0.15) is 41.3 Å². The molecule has 1 heterocycles. The fourth-order valence-electron chi connectivity index (χ4n) is 3.27. The molecule has 2 aromatic rings.